The molecule has 23 heavy (non-hydrogen) atoms. The molecular weight excluding hydrogens is 290 g/mol. The number of anilines is 1. The lowest BCUT2D eigenvalue weighted by Gasteiger charge is -2.21. The van der Waals surface area contributed by atoms with Gasteiger partial charge in [0.25, 0.3) is 11.8 Å². The molecule has 0 unspecified atom stereocenters. The predicted molar refractivity (Wildman–Crippen MR) is 89.4 cm³/mol. The number of imide groups is 1. The average molecular weight is 309 g/mol. The van der Waals surface area contributed by atoms with Crippen molar-refractivity contribution in [2.45, 2.75) is 20.8 Å². The highest BCUT2D eigenvalue weighted by molar-refractivity contribution is 6.19. The third-order valence-corrected chi connectivity index (χ3v) is 3.92. The number of nitrogens with one attached hydrogen (secondary N) is 1. The van der Waals surface area contributed by atoms with Crippen LogP contribution in [0.5, 0.6) is 0 Å². The van der Waals surface area contributed by atoms with E-state index in [4.69, 9.17) is 5.26 Å². The highest BCUT2D eigenvalue weighted by atomic mass is 16.2. The van der Waals surface area contributed by atoms with Gasteiger partial charge in [-0.1, -0.05) is 12.1 Å². The van der Waals surface area contributed by atoms with Crippen LogP contribution in [0.2, 0.25) is 0 Å². The molecule has 2 rings (SSSR count). The predicted octanol–water partition coefficient (Wildman–Crippen LogP) is 2.41. The number of benzene rings is 1. The minimum Gasteiger partial charge on any atom is -0.372 e. The van der Waals surface area contributed by atoms with Crippen LogP contribution in [0, 0.1) is 11.3 Å². The van der Waals surface area contributed by atoms with Crippen LogP contribution < -0.4 is 10.2 Å². The zero-order chi connectivity index (χ0) is 17.0. The summed E-state index contributed by atoms with van der Waals surface area (Å²) in [6.45, 7) is 7.66. The van der Waals surface area contributed by atoms with E-state index in [0.717, 1.165) is 24.3 Å². The normalized spacial score (nSPS) is 16.3. The summed E-state index contributed by atoms with van der Waals surface area (Å²) >= 11 is 0. The fraction of sp³-hybridized carbons (Fsp3) is 0.278. The molecule has 0 saturated heterocycles. The number of nitriles is 1. The molecule has 0 bridgehead atoms. The molecule has 0 aliphatic carbocycles. The number of carbonyl (C=O) groups excluding carboxylic acids is 2. The number of hydrogen-bond acceptors (Lipinski definition) is 4. The third kappa shape index (κ3) is 3.32. The number of rotatable bonds is 4. The average Bonchev–Trinajstić information content (AvgIpc) is 2.54. The maximum absolute atomic E-state index is 12.0. The Hall–Kier alpha value is -2.87. The van der Waals surface area contributed by atoms with Gasteiger partial charge in [0.05, 0.1) is 0 Å². The van der Waals surface area contributed by atoms with Gasteiger partial charge in [0, 0.05) is 24.4 Å². The van der Waals surface area contributed by atoms with Gasteiger partial charge in [-0.2, -0.15) is 5.26 Å². The van der Waals surface area contributed by atoms with E-state index >= 15 is 0 Å². The first-order valence-electron chi connectivity index (χ1n) is 7.55. The van der Waals surface area contributed by atoms with Crippen LogP contribution in [0.15, 0.2) is 41.0 Å². The maximum atomic E-state index is 12.0. The SMILES string of the molecule is CCN(CC)c1ccc(/C=C2\C(=O)NC(=O)C(C#N)=C2C)cc1. The lowest BCUT2D eigenvalue weighted by Crippen LogP contribution is -2.37. The molecule has 2 amide bonds. The fourth-order valence-corrected chi connectivity index (χ4v) is 2.55. The van der Waals surface area contributed by atoms with Crippen LogP contribution in [0.1, 0.15) is 26.3 Å². The Balaban J connectivity index is 2.38. The quantitative estimate of drug-likeness (QED) is 0.685. The van der Waals surface area contributed by atoms with Crippen molar-refractivity contribution in [2.75, 3.05) is 18.0 Å². The summed E-state index contributed by atoms with van der Waals surface area (Å²) in [5.74, 6) is -1.11. The summed E-state index contributed by atoms with van der Waals surface area (Å²) in [4.78, 5) is 25.8. The van der Waals surface area contributed by atoms with E-state index < -0.39 is 11.8 Å². The largest absolute Gasteiger partial charge is 0.372 e. The minimum absolute atomic E-state index is 0.0180. The molecular formula is C18H19N3O2. The Morgan fingerprint density at radius 3 is 2.26 bits per heavy atom. The number of amides is 2. The molecule has 1 aromatic carbocycles. The molecule has 1 aromatic rings. The molecule has 1 aliphatic heterocycles. The molecule has 5 heteroatoms. The number of carbonyl (C=O) groups is 2. The Bertz CT molecular complexity index is 733. The molecule has 118 valence electrons. The smallest absolute Gasteiger partial charge is 0.269 e. The van der Waals surface area contributed by atoms with Gasteiger partial charge in [0.15, 0.2) is 0 Å². The van der Waals surface area contributed by atoms with Gasteiger partial charge in [-0.05, 0) is 50.1 Å². The second-order valence-corrected chi connectivity index (χ2v) is 5.22. The third-order valence-electron chi connectivity index (χ3n) is 3.92. The zero-order valence-electron chi connectivity index (χ0n) is 13.5. The summed E-state index contributed by atoms with van der Waals surface area (Å²) in [7, 11) is 0. The van der Waals surface area contributed by atoms with Crippen molar-refractivity contribution in [2.24, 2.45) is 0 Å². The van der Waals surface area contributed by atoms with E-state index in [0.29, 0.717) is 11.1 Å². The van der Waals surface area contributed by atoms with Gasteiger partial charge in [-0.25, -0.2) is 0 Å². The highest BCUT2D eigenvalue weighted by Crippen LogP contribution is 2.23. The number of hydrogen-bond donors (Lipinski definition) is 1. The van der Waals surface area contributed by atoms with Crippen molar-refractivity contribution in [1.82, 2.24) is 5.32 Å². The van der Waals surface area contributed by atoms with E-state index in [1.54, 1.807) is 13.0 Å². The van der Waals surface area contributed by atoms with Gasteiger partial charge in [0.1, 0.15) is 11.6 Å². The lowest BCUT2D eigenvalue weighted by atomic mass is 9.95. The molecule has 1 N–H and O–H groups in total. The van der Waals surface area contributed by atoms with Crippen molar-refractivity contribution in [3.8, 4) is 6.07 Å². The monoisotopic (exact) mass is 309 g/mol. The van der Waals surface area contributed by atoms with E-state index in [1.165, 1.54) is 0 Å². The Labute approximate surface area is 135 Å². The molecule has 1 aliphatic rings. The zero-order valence-corrected chi connectivity index (χ0v) is 13.5. The maximum Gasteiger partial charge on any atom is 0.269 e. The van der Waals surface area contributed by atoms with Crippen LogP contribution in [0.4, 0.5) is 5.69 Å². The van der Waals surface area contributed by atoms with E-state index in [-0.39, 0.29) is 5.57 Å². The standard InChI is InChI=1S/C18H19N3O2/c1-4-21(5-2)14-8-6-13(7-9-14)10-15-12(3)16(11-19)18(23)20-17(15)22/h6-10H,4-5H2,1-3H3,(H,20,22,23)/b15-10-. The summed E-state index contributed by atoms with van der Waals surface area (Å²) in [5.41, 5.74) is 2.70. The topological polar surface area (TPSA) is 73.2 Å². The van der Waals surface area contributed by atoms with E-state index in [1.807, 2.05) is 30.3 Å². The molecule has 0 radical (unpaired) electrons. The van der Waals surface area contributed by atoms with Crippen LogP contribution >= 0.6 is 0 Å². The summed E-state index contributed by atoms with van der Waals surface area (Å²) in [5, 5.41) is 11.2. The fourth-order valence-electron chi connectivity index (χ4n) is 2.55. The van der Waals surface area contributed by atoms with Gasteiger partial charge in [-0.3, -0.25) is 14.9 Å². The molecule has 0 atom stereocenters. The van der Waals surface area contributed by atoms with Crippen molar-refractivity contribution < 1.29 is 9.59 Å². The first kappa shape index (κ1) is 16.5. The second-order valence-electron chi connectivity index (χ2n) is 5.22. The molecule has 0 fully saturated rings. The van der Waals surface area contributed by atoms with E-state index in [2.05, 4.69) is 24.1 Å². The molecule has 0 saturated carbocycles. The Morgan fingerprint density at radius 2 is 1.74 bits per heavy atom. The van der Waals surface area contributed by atoms with Crippen molar-refractivity contribution in [3.63, 3.8) is 0 Å². The molecule has 5 nitrogen and oxygen atoms in total. The second kappa shape index (κ2) is 6.93. The molecule has 0 aromatic heterocycles. The van der Waals surface area contributed by atoms with Crippen molar-refractivity contribution in [3.05, 3.63) is 46.5 Å². The molecule has 1 heterocycles. The minimum atomic E-state index is -0.635. The number of nitrogens with zero attached hydrogens (tertiary/aromatic N) is 2. The van der Waals surface area contributed by atoms with Crippen molar-refractivity contribution >= 4 is 23.6 Å². The Morgan fingerprint density at radius 1 is 1.13 bits per heavy atom. The highest BCUT2D eigenvalue weighted by Gasteiger charge is 2.27. The van der Waals surface area contributed by atoms with Gasteiger partial charge < -0.3 is 4.90 Å². The Kier molecular flexibility index (Phi) is 4.97. The van der Waals surface area contributed by atoms with Gasteiger partial charge in [0.2, 0.25) is 0 Å². The van der Waals surface area contributed by atoms with Crippen LogP contribution in [-0.2, 0) is 9.59 Å². The van der Waals surface area contributed by atoms with Crippen LogP contribution in [0.25, 0.3) is 6.08 Å². The lowest BCUT2D eigenvalue weighted by molar-refractivity contribution is -0.126. The van der Waals surface area contributed by atoms with Crippen LogP contribution in [0.3, 0.4) is 0 Å². The first-order valence-corrected chi connectivity index (χ1v) is 7.55. The van der Waals surface area contributed by atoms with E-state index in [9.17, 15) is 9.59 Å². The van der Waals surface area contributed by atoms with Crippen LogP contribution in [-0.4, -0.2) is 24.9 Å². The summed E-state index contributed by atoms with van der Waals surface area (Å²) < 4.78 is 0. The summed E-state index contributed by atoms with van der Waals surface area (Å²) in [6.07, 6.45) is 1.69. The first-order chi connectivity index (χ1) is 11.0. The summed E-state index contributed by atoms with van der Waals surface area (Å²) in [6, 6.07) is 9.68. The van der Waals surface area contributed by atoms with Gasteiger partial charge in [-0.15, -0.1) is 0 Å². The van der Waals surface area contributed by atoms with Gasteiger partial charge >= 0.3 is 0 Å². The van der Waals surface area contributed by atoms with Crippen molar-refractivity contribution in [1.29, 1.82) is 5.26 Å². The molecule has 0 spiro atoms.